The number of alkyl halides is 2. The monoisotopic (exact) mass is 208 g/mol. The lowest BCUT2D eigenvalue weighted by Crippen LogP contribution is -2.41. The molecule has 1 amide bonds. The minimum Gasteiger partial charge on any atom is -0.350 e. The van der Waals surface area contributed by atoms with Crippen LogP contribution < -0.4 is 11.1 Å². The van der Waals surface area contributed by atoms with Gasteiger partial charge in [0.25, 0.3) is 6.43 Å². The van der Waals surface area contributed by atoms with Gasteiger partial charge in [0.1, 0.15) is 0 Å². The van der Waals surface area contributed by atoms with Crippen molar-refractivity contribution in [3.63, 3.8) is 0 Å². The fourth-order valence-electron chi connectivity index (χ4n) is 0.769. The van der Waals surface area contributed by atoms with Gasteiger partial charge < -0.3 is 11.1 Å². The normalized spacial score (nSPS) is 14.2. The van der Waals surface area contributed by atoms with Gasteiger partial charge in [0.2, 0.25) is 5.91 Å². The summed E-state index contributed by atoms with van der Waals surface area (Å²) in [6.45, 7) is 5.10. The van der Waals surface area contributed by atoms with E-state index in [1.54, 1.807) is 0 Å². The minimum atomic E-state index is -2.51. The molecule has 1 atom stereocenters. The molecule has 0 heterocycles. The second kappa shape index (κ2) is 5.24. The number of nitrogens with two attached hydrogens (primary N) is 1. The standard InChI is InChI=1S/C9H18F2N2O/c1-9(2,3)6(12)4-8(14)13-5-7(10)11/h6-7H,4-5,12H2,1-3H3,(H,13,14). The Labute approximate surface area is 83.0 Å². The molecular formula is C9H18F2N2O. The van der Waals surface area contributed by atoms with Crippen molar-refractivity contribution in [1.29, 1.82) is 0 Å². The third-order valence-electron chi connectivity index (χ3n) is 1.97. The molecule has 0 spiro atoms. The van der Waals surface area contributed by atoms with E-state index in [0.717, 1.165) is 0 Å². The van der Waals surface area contributed by atoms with E-state index in [1.165, 1.54) is 0 Å². The summed E-state index contributed by atoms with van der Waals surface area (Å²) in [7, 11) is 0. The number of rotatable bonds is 4. The maximum Gasteiger partial charge on any atom is 0.255 e. The number of nitrogens with one attached hydrogen (secondary N) is 1. The van der Waals surface area contributed by atoms with E-state index in [2.05, 4.69) is 5.32 Å². The van der Waals surface area contributed by atoms with Crippen LogP contribution in [-0.4, -0.2) is 24.9 Å². The van der Waals surface area contributed by atoms with Crippen LogP contribution in [0.3, 0.4) is 0 Å². The van der Waals surface area contributed by atoms with Crippen LogP contribution in [0.1, 0.15) is 27.2 Å². The van der Waals surface area contributed by atoms with Gasteiger partial charge in [-0.05, 0) is 5.41 Å². The van der Waals surface area contributed by atoms with Crippen LogP contribution in [-0.2, 0) is 4.79 Å². The minimum absolute atomic E-state index is 0.0796. The number of carbonyl (C=O) groups excluding carboxylic acids is 1. The Morgan fingerprint density at radius 3 is 2.29 bits per heavy atom. The number of carbonyl (C=O) groups is 1. The average Bonchev–Trinajstić information content (AvgIpc) is 1.99. The number of hydrogen-bond acceptors (Lipinski definition) is 2. The van der Waals surface area contributed by atoms with Gasteiger partial charge in [-0.25, -0.2) is 8.78 Å². The zero-order chi connectivity index (χ0) is 11.4. The zero-order valence-electron chi connectivity index (χ0n) is 8.81. The molecule has 0 saturated heterocycles. The Bertz CT molecular complexity index is 190. The molecule has 3 N–H and O–H groups in total. The highest BCUT2D eigenvalue weighted by Gasteiger charge is 2.23. The van der Waals surface area contributed by atoms with Crippen molar-refractivity contribution < 1.29 is 13.6 Å². The number of amides is 1. The summed E-state index contributed by atoms with van der Waals surface area (Å²) in [4.78, 5) is 11.1. The smallest absolute Gasteiger partial charge is 0.255 e. The molecular weight excluding hydrogens is 190 g/mol. The van der Waals surface area contributed by atoms with Gasteiger partial charge in [-0.1, -0.05) is 20.8 Å². The van der Waals surface area contributed by atoms with Gasteiger partial charge >= 0.3 is 0 Å². The van der Waals surface area contributed by atoms with Crippen LogP contribution in [0.5, 0.6) is 0 Å². The summed E-state index contributed by atoms with van der Waals surface area (Å²) >= 11 is 0. The van der Waals surface area contributed by atoms with Crippen LogP contribution in [0.25, 0.3) is 0 Å². The molecule has 0 saturated carbocycles. The molecule has 0 fully saturated rings. The van der Waals surface area contributed by atoms with Crippen molar-refractivity contribution in [1.82, 2.24) is 5.32 Å². The molecule has 0 rings (SSSR count). The second-order valence-corrected chi connectivity index (χ2v) is 4.37. The summed E-state index contributed by atoms with van der Waals surface area (Å²) in [6.07, 6.45) is -2.43. The fraction of sp³-hybridized carbons (Fsp3) is 0.889. The van der Waals surface area contributed by atoms with Gasteiger partial charge in [0.15, 0.2) is 0 Å². The SMILES string of the molecule is CC(C)(C)C(N)CC(=O)NCC(F)F. The molecule has 3 nitrogen and oxygen atoms in total. The lowest BCUT2D eigenvalue weighted by Gasteiger charge is -2.26. The quantitative estimate of drug-likeness (QED) is 0.727. The molecule has 84 valence electrons. The molecule has 1 unspecified atom stereocenters. The van der Waals surface area contributed by atoms with Crippen LogP contribution in [0, 0.1) is 5.41 Å². The van der Waals surface area contributed by atoms with Gasteiger partial charge in [0, 0.05) is 12.5 Å². The third kappa shape index (κ3) is 5.85. The van der Waals surface area contributed by atoms with Crippen molar-refractivity contribution in [2.45, 2.75) is 39.7 Å². The molecule has 0 aromatic rings. The second-order valence-electron chi connectivity index (χ2n) is 4.37. The number of hydrogen-bond donors (Lipinski definition) is 2. The topological polar surface area (TPSA) is 55.1 Å². The van der Waals surface area contributed by atoms with Gasteiger partial charge in [-0.3, -0.25) is 4.79 Å². The molecule has 0 bridgehead atoms. The summed E-state index contributed by atoms with van der Waals surface area (Å²) in [5, 5.41) is 2.12. The molecule has 0 aromatic carbocycles. The van der Waals surface area contributed by atoms with E-state index in [-0.39, 0.29) is 17.9 Å². The van der Waals surface area contributed by atoms with E-state index >= 15 is 0 Å². The lowest BCUT2D eigenvalue weighted by molar-refractivity contribution is -0.122. The van der Waals surface area contributed by atoms with E-state index < -0.39 is 18.9 Å². The Hall–Kier alpha value is -0.710. The first-order chi connectivity index (χ1) is 6.23. The van der Waals surface area contributed by atoms with Crippen molar-refractivity contribution >= 4 is 5.91 Å². The molecule has 0 radical (unpaired) electrons. The Morgan fingerprint density at radius 2 is 1.93 bits per heavy atom. The Morgan fingerprint density at radius 1 is 1.43 bits per heavy atom. The Balaban J connectivity index is 3.84. The van der Waals surface area contributed by atoms with E-state index in [9.17, 15) is 13.6 Å². The largest absolute Gasteiger partial charge is 0.350 e. The summed E-state index contributed by atoms with van der Waals surface area (Å²) < 4.78 is 23.4. The molecule has 14 heavy (non-hydrogen) atoms. The Kier molecular flexibility index (Phi) is 4.97. The summed E-state index contributed by atoms with van der Waals surface area (Å²) in [5.41, 5.74) is 5.52. The first-order valence-electron chi connectivity index (χ1n) is 4.54. The molecule has 5 heteroatoms. The first-order valence-corrected chi connectivity index (χ1v) is 4.54. The van der Waals surface area contributed by atoms with E-state index in [4.69, 9.17) is 5.73 Å². The van der Waals surface area contributed by atoms with Crippen molar-refractivity contribution in [3.8, 4) is 0 Å². The van der Waals surface area contributed by atoms with Crippen molar-refractivity contribution in [2.24, 2.45) is 11.1 Å². The molecule has 0 aromatic heterocycles. The molecule has 0 aliphatic rings. The van der Waals surface area contributed by atoms with Gasteiger partial charge in [0.05, 0.1) is 6.54 Å². The van der Waals surface area contributed by atoms with Crippen LogP contribution in [0.2, 0.25) is 0 Å². The number of halogens is 2. The summed E-state index contributed by atoms with van der Waals surface area (Å²) in [5.74, 6) is -0.423. The highest BCUT2D eigenvalue weighted by Crippen LogP contribution is 2.19. The fourth-order valence-corrected chi connectivity index (χ4v) is 0.769. The van der Waals surface area contributed by atoms with Crippen molar-refractivity contribution in [2.75, 3.05) is 6.54 Å². The zero-order valence-corrected chi connectivity index (χ0v) is 8.81. The van der Waals surface area contributed by atoms with E-state index in [0.29, 0.717) is 0 Å². The van der Waals surface area contributed by atoms with Crippen LogP contribution in [0.4, 0.5) is 8.78 Å². The van der Waals surface area contributed by atoms with Crippen LogP contribution >= 0.6 is 0 Å². The third-order valence-corrected chi connectivity index (χ3v) is 1.97. The lowest BCUT2D eigenvalue weighted by atomic mass is 9.85. The van der Waals surface area contributed by atoms with Crippen LogP contribution in [0.15, 0.2) is 0 Å². The van der Waals surface area contributed by atoms with E-state index in [1.807, 2.05) is 20.8 Å². The predicted molar refractivity (Wildman–Crippen MR) is 51.1 cm³/mol. The molecule has 0 aliphatic carbocycles. The first kappa shape index (κ1) is 13.3. The van der Waals surface area contributed by atoms with Crippen molar-refractivity contribution in [3.05, 3.63) is 0 Å². The maximum absolute atomic E-state index is 11.7. The predicted octanol–water partition coefficient (Wildman–Crippen LogP) is 1.13. The van der Waals surface area contributed by atoms with Gasteiger partial charge in [-0.2, -0.15) is 0 Å². The van der Waals surface area contributed by atoms with Gasteiger partial charge in [-0.15, -0.1) is 0 Å². The summed E-state index contributed by atoms with van der Waals surface area (Å²) in [6, 6.07) is -0.319. The molecule has 0 aliphatic heterocycles. The average molecular weight is 208 g/mol. The maximum atomic E-state index is 11.7. The highest BCUT2D eigenvalue weighted by atomic mass is 19.3. The highest BCUT2D eigenvalue weighted by molar-refractivity contribution is 5.76.